The van der Waals surface area contributed by atoms with Crippen molar-refractivity contribution in [2.75, 3.05) is 47.5 Å². The van der Waals surface area contributed by atoms with Crippen molar-refractivity contribution in [2.24, 2.45) is 0 Å². The van der Waals surface area contributed by atoms with Gasteiger partial charge in [0.25, 0.3) is 7.82 Å². The highest BCUT2D eigenvalue weighted by Gasteiger charge is 2.21. The number of hydrogen-bond donors (Lipinski definition) is 0. The fourth-order valence-electron chi connectivity index (χ4n) is 7.01. The number of nitrogens with zero attached hydrogens (tertiary/aromatic N) is 1. The Kier molecular flexibility index (Phi) is 46.2. The van der Waals surface area contributed by atoms with Gasteiger partial charge in [0.1, 0.15) is 19.8 Å². The average molecular weight is 958 g/mol. The Hall–Kier alpha value is -2.81. The minimum absolute atomic E-state index is 0.0387. The molecule has 0 amide bonds. The number of ether oxygens (including phenoxy) is 2. The summed E-state index contributed by atoms with van der Waals surface area (Å²) in [6, 6.07) is 0. The normalized spacial score (nSPS) is 14.1. The van der Waals surface area contributed by atoms with Crippen molar-refractivity contribution in [1.29, 1.82) is 0 Å². The SMILES string of the molecule is CC/C=C\C/C=C\C/C=C\C/C=C\C/C=C\C/C=C\CCCCCCCCC(=O)OC(COC(=O)CCCCCCCCC/C=C\CCCCCCCCC)COP(=O)([O-])OCC[N+](C)(C)C. The number of allylic oxidation sites excluding steroid dienone is 14. The smallest absolute Gasteiger partial charge is 0.306 e. The van der Waals surface area contributed by atoms with Crippen LogP contribution >= 0.6 is 7.82 Å². The number of hydrogen-bond acceptors (Lipinski definition) is 8. The van der Waals surface area contributed by atoms with Gasteiger partial charge in [0, 0.05) is 12.8 Å². The van der Waals surface area contributed by atoms with E-state index in [1.807, 2.05) is 21.1 Å². The van der Waals surface area contributed by atoms with E-state index in [1.165, 1.54) is 70.6 Å². The summed E-state index contributed by atoms with van der Waals surface area (Å²) in [6.07, 6.45) is 63.2. The Bertz CT molecular complexity index is 1410. The van der Waals surface area contributed by atoms with E-state index in [2.05, 4.69) is 98.9 Å². The van der Waals surface area contributed by atoms with Gasteiger partial charge in [-0.2, -0.15) is 0 Å². The molecule has 2 atom stereocenters. The van der Waals surface area contributed by atoms with Gasteiger partial charge in [-0.25, -0.2) is 0 Å². The molecule has 67 heavy (non-hydrogen) atoms. The summed E-state index contributed by atoms with van der Waals surface area (Å²) in [4.78, 5) is 37.8. The van der Waals surface area contributed by atoms with Crippen LogP contribution in [-0.4, -0.2) is 70.0 Å². The van der Waals surface area contributed by atoms with Crippen molar-refractivity contribution in [2.45, 2.75) is 219 Å². The van der Waals surface area contributed by atoms with Crippen molar-refractivity contribution in [3.63, 3.8) is 0 Å². The maximum atomic E-state index is 12.8. The number of rotatable bonds is 48. The Morgan fingerprint density at radius 3 is 1.28 bits per heavy atom. The second kappa shape index (κ2) is 48.2. The molecular formula is C57H100NO8P. The van der Waals surface area contributed by atoms with Crippen LogP contribution in [0.1, 0.15) is 213 Å². The van der Waals surface area contributed by atoms with E-state index in [1.54, 1.807) is 0 Å². The van der Waals surface area contributed by atoms with E-state index in [9.17, 15) is 19.0 Å². The highest BCUT2D eigenvalue weighted by Crippen LogP contribution is 2.38. The summed E-state index contributed by atoms with van der Waals surface area (Å²) in [6.45, 7) is 4.10. The summed E-state index contributed by atoms with van der Waals surface area (Å²) < 4.78 is 34.1. The maximum Gasteiger partial charge on any atom is 0.306 e. The molecule has 386 valence electrons. The van der Waals surface area contributed by atoms with Crippen LogP contribution in [0.5, 0.6) is 0 Å². The highest BCUT2D eigenvalue weighted by atomic mass is 31.2. The van der Waals surface area contributed by atoms with Gasteiger partial charge in [-0.05, 0) is 89.9 Å². The minimum atomic E-state index is -4.64. The first-order chi connectivity index (χ1) is 32.5. The van der Waals surface area contributed by atoms with E-state index >= 15 is 0 Å². The number of carbonyl (C=O) groups is 2. The lowest BCUT2D eigenvalue weighted by molar-refractivity contribution is -0.870. The number of quaternary nitrogens is 1. The Morgan fingerprint density at radius 2 is 0.851 bits per heavy atom. The molecule has 0 rings (SSSR count). The average Bonchev–Trinajstić information content (AvgIpc) is 3.29. The summed E-state index contributed by atoms with van der Waals surface area (Å²) in [5.41, 5.74) is 0. The molecule has 0 heterocycles. The van der Waals surface area contributed by atoms with Crippen LogP contribution < -0.4 is 4.89 Å². The number of esters is 2. The van der Waals surface area contributed by atoms with E-state index in [0.717, 1.165) is 109 Å². The third-order valence-corrected chi connectivity index (χ3v) is 12.1. The number of likely N-dealkylation sites (N-methyl/N-ethyl adjacent to an activating group) is 1. The molecule has 0 aromatic carbocycles. The zero-order valence-corrected chi connectivity index (χ0v) is 44.5. The number of phosphoric ester groups is 1. The molecule has 0 spiro atoms. The first-order valence-electron chi connectivity index (χ1n) is 26.8. The van der Waals surface area contributed by atoms with Crippen LogP contribution in [0, 0.1) is 0 Å². The van der Waals surface area contributed by atoms with Gasteiger partial charge < -0.3 is 27.9 Å². The monoisotopic (exact) mass is 958 g/mol. The third-order valence-electron chi connectivity index (χ3n) is 11.1. The van der Waals surface area contributed by atoms with E-state index in [-0.39, 0.29) is 26.1 Å². The molecule has 0 saturated carbocycles. The predicted molar refractivity (Wildman–Crippen MR) is 282 cm³/mol. The van der Waals surface area contributed by atoms with Crippen LogP contribution in [0.3, 0.4) is 0 Å². The molecule has 0 aromatic rings. The topological polar surface area (TPSA) is 111 Å². The quantitative estimate of drug-likeness (QED) is 0.0195. The van der Waals surface area contributed by atoms with Crippen LogP contribution in [0.4, 0.5) is 0 Å². The van der Waals surface area contributed by atoms with Crippen molar-refractivity contribution in [3.05, 3.63) is 85.1 Å². The summed E-state index contributed by atoms with van der Waals surface area (Å²) in [5.74, 6) is -0.858. The Balaban J connectivity index is 4.29. The molecule has 0 saturated heterocycles. The van der Waals surface area contributed by atoms with Gasteiger partial charge >= 0.3 is 11.9 Å². The van der Waals surface area contributed by atoms with Crippen molar-refractivity contribution in [3.8, 4) is 0 Å². The van der Waals surface area contributed by atoms with Crippen molar-refractivity contribution >= 4 is 19.8 Å². The summed E-state index contributed by atoms with van der Waals surface area (Å²) in [7, 11) is 1.14. The second-order valence-electron chi connectivity index (χ2n) is 18.9. The fourth-order valence-corrected chi connectivity index (χ4v) is 7.73. The standard InChI is InChI=1S/C57H100NO8P/c1-6-8-10-12-14-16-18-20-22-24-26-27-28-29-30-31-32-34-36-38-40-42-44-46-48-50-57(60)66-55(54-65-67(61,62)64-52-51-58(3,4)5)53-63-56(59)49-47-45-43-41-39-37-35-33-25-23-21-19-17-15-13-11-9-7-2/h8,10,14,16,20,22-23,25-27,29-30,32,34,55H,6-7,9,11-13,15,17-19,21,24,28,31,33,35-54H2,1-5H3/b10-8-,16-14-,22-20-,25-23-,27-26-,30-29-,34-32-. The predicted octanol–water partition coefficient (Wildman–Crippen LogP) is 15.7. The first kappa shape index (κ1) is 64.2. The van der Waals surface area contributed by atoms with Crippen LogP contribution in [0.15, 0.2) is 85.1 Å². The molecule has 0 aromatic heterocycles. The third kappa shape index (κ3) is 52.4. The lowest BCUT2D eigenvalue weighted by atomic mass is 10.1. The molecule has 0 bridgehead atoms. The molecule has 0 aliphatic heterocycles. The van der Waals surface area contributed by atoms with Crippen LogP contribution in [0.2, 0.25) is 0 Å². The van der Waals surface area contributed by atoms with Crippen molar-refractivity contribution in [1.82, 2.24) is 0 Å². The maximum absolute atomic E-state index is 12.8. The van der Waals surface area contributed by atoms with Gasteiger partial charge in [-0.1, -0.05) is 195 Å². The van der Waals surface area contributed by atoms with Gasteiger partial charge in [-0.15, -0.1) is 0 Å². The molecule has 0 N–H and O–H groups in total. The second-order valence-corrected chi connectivity index (χ2v) is 20.3. The zero-order valence-electron chi connectivity index (χ0n) is 43.6. The summed E-state index contributed by atoms with van der Waals surface area (Å²) in [5, 5.41) is 0. The van der Waals surface area contributed by atoms with Gasteiger partial charge in [0.15, 0.2) is 6.10 Å². The molecule has 9 nitrogen and oxygen atoms in total. The molecular weight excluding hydrogens is 858 g/mol. The molecule has 0 radical (unpaired) electrons. The molecule has 0 fully saturated rings. The highest BCUT2D eigenvalue weighted by molar-refractivity contribution is 7.45. The molecule has 10 heteroatoms. The minimum Gasteiger partial charge on any atom is -0.756 e. The fraction of sp³-hybridized carbons (Fsp3) is 0.719. The van der Waals surface area contributed by atoms with E-state index < -0.39 is 32.5 Å². The summed E-state index contributed by atoms with van der Waals surface area (Å²) >= 11 is 0. The van der Waals surface area contributed by atoms with E-state index in [0.29, 0.717) is 17.4 Å². The zero-order chi connectivity index (χ0) is 49.2. The van der Waals surface area contributed by atoms with Crippen molar-refractivity contribution < 1.29 is 42.1 Å². The number of phosphoric acid groups is 1. The lowest BCUT2D eigenvalue weighted by Gasteiger charge is -2.28. The number of carbonyl (C=O) groups excluding carboxylic acids is 2. The Labute approximate surface area is 411 Å². The Morgan fingerprint density at radius 1 is 0.478 bits per heavy atom. The molecule has 0 aliphatic rings. The van der Waals surface area contributed by atoms with Crippen LogP contribution in [0.25, 0.3) is 0 Å². The van der Waals surface area contributed by atoms with E-state index in [4.69, 9.17) is 18.5 Å². The largest absolute Gasteiger partial charge is 0.756 e. The first-order valence-corrected chi connectivity index (χ1v) is 28.3. The van der Waals surface area contributed by atoms with Gasteiger partial charge in [0.05, 0.1) is 27.7 Å². The molecule has 2 unspecified atom stereocenters. The van der Waals surface area contributed by atoms with Gasteiger partial charge in [-0.3, -0.25) is 14.2 Å². The van der Waals surface area contributed by atoms with Crippen LogP contribution in [-0.2, 0) is 32.7 Å². The number of unbranched alkanes of at least 4 members (excludes halogenated alkanes) is 20. The molecule has 0 aliphatic carbocycles. The van der Waals surface area contributed by atoms with Gasteiger partial charge in [0.2, 0.25) is 0 Å². The lowest BCUT2D eigenvalue weighted by Crippen LogP contribution is -2.37.